The quantitative estimate of drug-likeness (QED) is 0.823. The summed E-state index contributed by atoms with van der Waals surface area (Å²) in [4.78, 5) is 18.4. The molecular weight excluding hydrogens is 322 g/mol. The van der Waals surface area contributed by atoms with Crippen LogP contribution < -0.4 is 10.3 Å². The number of anilines is 1. The van der Waals surface area contributed by atoms with E-state index < -0.39 is 0 Å². The molecule has 1 heterocycles. The van der Waals surface area contributed by atoms with Crippen LogP contribution in [0.15, 0.2) is 42.7 Å². The number of aromatic nitrogens is 1. The summed E-state index contributed by atoms with van der Waals surface area (Å²) in [6.45, 7) is 6.29. The second kappa shape index (κ2) is 8.35. The molecule has 4 heteroatoms. The maximum atomic E-state index is 13.2. The van der Waals surface area contributed by atoms with E-state index in [0.29, 0.717) is 6.04 Å². The Morgan fingerprint density at radius 3 is 2.58 bits per heavy atom. The van der Waals surface area contributed by atoms with E-state index in [1.807, 2.05) is 30.6 Å². The molecule has 1 atom stereocenters. The summed E-state index contributed by atoms with van der Waals surface area (Å²) in [5.41, 5.74) is 4.43. The fourth-order valence-electron chi connectivity index (χ4n) is 3.85. The number of pyridine rings is 1. The first-order valence-electron chi connectivity index (χ1n) is 9.69. The number of rotatable bonds is 4. The third kappa shape index (κ3) is 4.24. The summed E-state index contributed by atoms with van der Waals surface area (Å²) in [6, 6.07) is 10.5. The number of carbonyl (C=O) groups is 1. The van der Waals surface area contributed by atoms with Crippen LogP contribution in [0, 0.1) is 13.8 Å². The van der Waals surface area contributed by atoms with Gasteiger partial charge in [0.25, 0.3) is 0 Å². The van der Waals surface area contributed by atoms with Crippen molar-refractivity contribution in [2.75, 3.05) is 5.32 Å². The molecule has 1 aromatic heterocycles. The molecule has 1 aliphatic rings. The molecule has 2 aromatic rings. The summed E-state index contributed by atoms with van der Waals surface area (Å²) in [5, 5.41) is 3.13. The van der Waals surface area contributed by atoms with Crippen molar-refractivity contribution in [1.29, 1.82) is 0 Å². The van der Waals surface area contributed by atoms with E-state index in [-0.39, 0.29) is 12.1 Å². The molecule has 1 fully saturated rings. The lowest BCUT2D eigenvalue weighted by Gasteiger charge is -2.38. The molecule has 0 radical (unpaired) electrons. The van der Waals surface area contributed by atoms with Gasteiger partial charge >= 0.3 is 6.03 Å². The Bertz CT molecular complexity index is 738. The van der Waals surface area contributed by atoms with E-state index >= 15 is 0 Å². The number of carbonyl (C=O) groups excluding carboxylic acids is 1. The van der Waals surface area contributed by atoms with Crippen molar-refractivity contribution >= 4 is 11.7 Å². The van der Waals surface area contributed by atoms with Gasteiger partial charge in [-0.25, -0.2) is 9.78 Å². The highest BCUT2D eigenvalue weighted by Gasteiger charge is 2.31. The van der Waals surface area contributed by atoms with Crippen LogP contribution in [0.3, 0.4) is 0 Å². The van der Waals surface area contributed by atoms with E-state index in [0.717, 1.165) is 24.1 Å². The van der Waals surface area contributed by atoms with Crippen molar-refractivity contribution in [2.45, 2.75) is 65.0 Å². The molecule has 1 aliphatic carbocycles. The summed E-state index contributed by atoms with van der Waals surface area (Å²) >= 11 is 0. The average molecular weight is 353 g/mol. The molecule has 2 amide bonds. The van der Waals surface area contributed by atoms with Crippen LogP contribution in [-0.2, 0) is 0 Å². The van der Waals surface area contributed by atoms with E-state index in [2.05, 4.69) is 48.1 Å². The van der Waals surface area contributed by atoms with Crippen LogP contribution in [0.5, 0.6) is 0 Å². The molecule has 26 heavy (non-hydrogen) atoms. The molecule has 0 aliphatic heterocycles. The van der Waals surface area contributed by atoms with Crippen molar-refractivity contribution in [3.05, 3.63) is 59.4 Å². The van der Waals surface area contributed by atoms with Gasteiger partial charge in [0.15, 0.2) is 12.4 Å². The number of amides is 2. The average Bonchev–Trinajstić information content (AvgIpc) is 2.66. The van der Waals surface area contributed by atoms with Gasteiger partial charge in [0, 0.05) is 23.4 Å². The number of hydrogen-bond acceptors (Lipinski definition) is 1. The zero-order valence-corrected chi connectivity index (χ0v) is 16.1. The zero-order chi connectivity index (χ0) is 18.5. The highest BCUT2D eigenvalue weighted by molar-refractivity contribution is 5.90. The molecule has 0 saturated heterocycles. The van der Waals surface area contributed by atoms with Crippen LogP contribution in [-0.4, -0.2) is 17.0 Å². The van der Waals surface area contributed by atoms with Crippen LogP contribution in [0.1, 0.15) is 61.8 Å². The van der Waals surface area contributed by atoms with E-state index in [9.17, 15) is 4.79 Å². The number of nitrogens with one attached hydrogen (secondary N) is 2. The number of H-pyrrole nitrogens is 1. The number of benzene rings is 1. The lowest BCUT2D eigenvalue weighted by molar-refractivity contribution is -0.379. The molecule has 0 bridgehead atoms. The van der Waals surface area contributed by atoms with Crippen LogP contribution in [0.25, 0.3) is 0 Å². The lowest BCUT2D eigenvalue weighted by atomic mass is 9.92. The first-order chi connectivity index (χ1) is 12.6. The highest BCUT2D eigenvalue weighted by Crippen LogP contribution is 2.30. The predicted octanol–water partition coefficient (Wildman–Crippen LogP) is 5.05. The summed E-state index contributed by atoms with van der Waals surface area (Å²) in [5.74, 6) is 0. The molecule has 138 valence electrons. The van der Waals surface area contributed by atoms with Gasteiger partial charge < -0.3 is 10.2 Å². The minimum atomic E-state index is -0.00324. The summed E-state index contributed by atoms with van der Waals surface area (Å²) in [7, 11) is 0. The standard InChI is InChI=1S/C22H29N3O/c1-16-11-12-20(14-17(16)2)24-22(26)25(21-9-5-4-6-10-21)18(3)19-8-7-13-23-15-19/h7-8,11-15,18,21H,4-6,9-10H2,1-3H3,(H,24,26)/p+1. The highest BCUT2D eigenvalue weighted by atomic mass is 16.2. The third-order valence-corrected chi connectivity index (χ3v) is 5.59. The maximum absolute atomic E-state index is 13.2. The topological polar surface area (TPSA) is 46.5 Å². The first-order valence-corrected chi connectivity index (χ1v) is 9.69. The van der Waals surface area contributed by atoms with Gasteiger partial charge in [-0.05, 0) is 62.9 Å². The largest absolute Gasteiger partial charge is 0.322 e. The zero-order valence-electron chi connectivity index (χ0n) is 16.1. The smallest absolute Gasteiger partial charge is 0.315 e. The van der Waals surface area contributed by atoms with Gasteiger partial charge in [0.05, 0.1) is 6.04 Å². The summed E-state index contributed by atoms with van der Waals surface area (Å²) < 4.78 is 0. The minimum Gasteiger partial charge on any atom is -0.315 e. The third-order valence-electron chi connectivity index (χ3n) is 5.59. The normalized spacial score (nSPS) is 16.1. The number of nitrogens with zero attached hydrogens (tertiary/aromatic N) is 1. The fraction of sp³-hybridized carbons (Fsp3) is 0.455. The minimum absolute atomic E-state index is 0.00324. The molecule has 1 unspecified atom stereocenters. The van der Waals surface area contributed by atoms with Crippen molar-refractivity contribution in [1.82, 2.24) is 4.90 Å². The second-order valence-corrected chi connectivity index (χ2v) is 7.44. The molecule has 3 rings (SSSR count). The van der Waals surface area contributed by atoms with Gasteiger partial charge in [0.2, 0.25) is 0 Å². The maximum Gasteiger partial charge on any atom is 0.322 e. The Balaban J connectivity index is 1.83. The lowest BCUT2D eigenvalue weighted by Crippen LogP contribution is -2.45. The molecule has 2 N–H and O–H groups in total. The number of aryl methyl sites for hydroxylation is 2. The Morgan fingerprint density at radius 2 is 1.92 bits per heavy atom. The number of aromatic amines is 1. The van der Waals surface area contributed by atoms with E-state index in [4.69, 9.17) is 0 Å². The SMILES string of the molecule is Cc1ccc(NC(=O)N(C2CCCCC2)C(C)c2ccc[nH+]c2)cc1C. The fourth-order valence-corrected chi connectivity index (χ4v) is 3.85. The Hall–Kier alpha value is -2.36. The summed E-state index contributed by atoms with van der Waals surface area (Å²) in [6.07, 6.45) is 9.73. The monoisotopic (exact) mass is 352 g/mol. The van der Waals surface area contributed by atoms with Crippen LogP contribution in [0.2, 0.25) is 0 Å². The molecule has 4 nitrogen and oxygen atoms in total. The van der Waals surface area contributed by atoms with Crippen molar-refractivity contribution in [2.24, 2.45) is 0 Å². The van der Waals surface area contributed by atoms with E-state index in [1.165, 1.54) is 30.4 Å². The van der Waals surface area contributed by atoms with Gasteiger partial charge in [-0.2, -0.15) is 0 Å². The van der Waals surface area contributed by atoms with Gasteiger partial charge in [-0.15, -0.1) is 0 Å². The number of urea groups is 1. The molecular formula is C22H30N3O+. The number of hydrogen-bond donors (Lipinski definition) is 1. The van der Waals surface area contributed by atoms with E-state index in [1.54, 1.807) is 0 Å². The predicted molar refractivity (Wildman–Crippen MR) is 105 cm³/mol. The Labute approximate surface area is 156 Å². The Morgan fingerprint density at radius 1 is 1.15 bits per heavy atom. The molecule has 1 saturated carbocycles. The molecule has 1 aromatic carbocycles. The van der Waals surface area contributed by atoms with Gasteiger partial charge in [-0.1, -0.05) is 25.3 Å². The van der Waals surface area contributed by atoms with Crippen molar-refractivity contribution in [3.63, 3.8) is 0 Å². The van der Waals surface area contributed by atoms with Crippen LogP contribution >= 0.6 is 0 Å². The molecule has 0 spiro atoms. The Kier molecular flexibility index (Phi) is 5.92. The van der Waals surface area contributed by atoms with Gasteiger partial charge in [0.1, 0.15) is 0 Å². The van der Waals surface area contributed by atoms with Crippen LogP contribution in [0.4, 0.5) is 10.5 Å². The van der Waals surface area contributed by atoms with Gasteiger partial charge in [-0.3, -0.25) is 0 Å². The van der Waals surface area contributed by atoms with Crippen molar-refractivity contribution in [3.8, 4) is 0 Å². The van der Waals surface area contributed by atoms with Crippen molar-refractivity contribution < 1.29 is 9.78 Å². The first kappa shape index (κ1) is 18.4. The second-order valence-electron chi connectivity index (χ2n) is 7.44.